The van der Waals surface area contributed by atoms with E-state index < -0.39 is 5.97 Å². The van der Waals surface area contributed by atoms with Crippen LogP contribution in [0.5, 0.6) is 0 Å². The van der Waals surface area contributed by atoms with Gasteiger partial charge < -0.3 is 4.74 Å². The molecule has 0 aliphatic heterocycles. The van der Waals surface area contributed by atoms with Crippen molar-refractivity contribution in [2.75, 3.05) is 7.11 Å². The molecule has 0 amide bonds. The van der Waals surface area contributed by atoms with Gasteiger partial charge in [0.2, 0.25) is 0 Å². The molecule has 0 bridgehead atoms. The Bertz CT molecular complexity index is 999. The molecule has 0 atom stereocenters. The molecule has 0 spiro atoms. The Kier molecular flexibility index (Phi) is 4.55. The van der Waals surface area contributed by atoms with Crippen LogP contribution in [0.2, 0.25) is 10.0 Å². The summed E-state index contributed by atoms with van der Waals surface area (Å²) in [5.74, 6) is -0.476. The van der Waals surface area contributed by atoms with Gasteiger partial charge in [0.05, 0.1) is 36.4 Å². The third kappa shape index (κ3) is 3.13. The molecule has 0 unspecified atom stereocenters. The summed E-state index contributed by atoms with van der Waals surface area (Å²) in [6.45, 7) is 0.274. The van der Waals surface area contributed by atoms with E-state index in [1.54, 1.807) is 24.3 Å². The first-order valence-corrected chi connectivity index (χ1v) is 7.76. The van der Waals surface area contributed by atoms with Gasteiger partial charge in [-0.05, 0) is 35.9 Å². The number of methoxy groups -OCH3 is 1. The van der Waals surface area contributed by atoms with Crippen LogP contribution in [-0.2, 0) is 11.3 Å². The first-order valence-electron chi connectivity index (χ1n) is 7.01. The van der Waals surface area contributed by atoms with Crippen molar-refractivity contribution >= 4 is 40.1 Å². The Morgan fingerprint density at radius 2 is 2.00 bits per heavy atom. The van der Waals surface area contributed by atoms with Gasteiger partial charge in [-0.1, -0.05) is 29.3 Å². The minimum atomic E-state index is -0.476. The minimum absolute atomic E-state index is 0.220. The maximum absolute atomic E-state index is 12.6. The summed E-state index contributed by atoms with van der Waals surface area (Å²) in [6.07, 6.45) is 1.43. The van der Waals surface area contributed by atoms with E-state index in [1.165, 1.54) is 30.1 Å². The summed E-state index contributed by atoms with van der Waals surface area (Å²) in [5.41, 5.74) is 1.31. The lowest BCUT2D eigenvalue weighted by atomic mass is 10.1. The van der Waals surface area contributed by atoms with Gasteiger partial charge in [-0.15, -0.1) is 0 Å². The minimum Gasteiger partial charge on any atom is -0.465 e. The van der Waals surface area contributed by atoms with Crippen molar-refractivity contribution in [3.8, 4) is 0 Å². The number of carbonyl (C=O) groups excluding carboxylic acids is 1. The lowest BCUT2D eigenvalue weighted by Crippen LogP contribution is -2.21. The van der Waals surface area contributed by atoms with Gasteiger partial charge in [-0.2, -0.15) is 0 Å². The van der Waals surface area contributed by atoms with Crippen LogP contribution in [0.4, 0.5) is 0 Å². The molecule has 7 heteroatoms. The van der Waals surface area contributed by atoms with Gasteiger partial charge in [-0.3, -0.25) is 9.36 Å². The van der Waals surface area contributed by atoms with Crippen LogP contribution in [0.15, 0.2) is 47.5 Å². The zero-order valence-electron chi connectivity index (χ0n) is 12.6. The zero-order chi connectivity index (χ0) is 17.3. The van der Waals surface area contributed by atoms with E-state index in [1.807, 2.05) is 0 Å². The van der Waals surface area contributed by atoms with Crippen LogP contribution < -0.4 is 5.56 Å². The van der Waals surface area contributed by atoms with E-state index in [0.717, 1.165) is 5.56 Å². The number of esters is 1. The fourth-order valence-electron chi connectivity index (χ4n) is 2.35. The number of benzene rings is 2. The zero-order valence-corrected chi connectivity index (χ0v) is 14.1. The Balaban J connectivity index is 2.03. The molecule has 3 rings (SSSR count). The van der Waals surface area contributed by atoms with Crippen LogP contribution >= 0.6 is 23.2 Å². The summed E-state index contributed by atoms with van der Waals surface area (Å²) < 4.78 is 6.12. The highest BCUT2D eigenvalue weighted by molar-refractivity contribution is 6.35. The quantitative estimate of drug-likeness (QED) is 0.668. The molecule has 0 saturated heterocycles. The SMILES string of the molecule is COC(=O)c1ccc2c(=O)n(Cc3ccc(Cl)cc3Cl)cnc2c1. The molecule has 0 saturated carbocycles. The topological polar surface area (TPSA) is 61.2 Å². The summed E-state index contributed by atoms with van der Waals surface area (Å²) in [4.78, 5) is 28.4. The number of aromatic nitrogens is 2. The summed E-state index contributed by atoms with van der Waals surface area (Å²) in [5, 5.41) is 1.42. The van der Waals surface area contributed by atoms with E-state index in [9.17, 15) is 9.59 Å². The highest BCUT2D eigenvalue weighted by Crippen LogP contribution is 2.21. The number of nitrogens with zero attached hydrogens (tertiary/aromatic N) is 2. The second-order valence-corrected chi connectivity index (χ2v) is 5.98. The number of ether oxygens (including phenoxy) is 1. The van der Waals surface area contributed by atoms with E-state index in [-0.39, 0.29) is 12.1 Å². The van der Waals surface area contributed by atoms with Gasteiger partial charge in [-0.25, -0.2) is 9.78 Å². The molecule has 2 aromatic carbocycles. The molecule has 5 nitrogen and oxygen atoms in total. The second kappa shape index (κ2) is 6.63. The third-order valence-electron chi connectivity index (χ3n) is 3.60. The maximum Gasteiger partial charge on any atom is 0.337 e. The number of hydrogen-bond donors (Lipinski definition) is 0. The first-order chi connectivity index (χ1) is 11.5. The monoisotopic (exact) mass is 362 g/mol. The molecule has 1 heterocycles. The standard InChI is InChI=1S/C17H12Cl2N2O3/c1-24-17(23)10-3-5-13-15(6-10)20-9-21(16(13)22)8-11-2-4-12(18)7-14(11)19/h2-7,9H,8H2,1H3. The van der Waals surface area contributed by atoms with Gasteiger partial charge in [0.15, 0.2) is 0 Å². The van der Waals surface area contributed by atoms with Crippen LogP contribution in [0.3, 0.4) is 0 Å². The van der Waals surface area contributed by atoms with Crippen molar-refractivity contribution in [3.63, 3.8) is 0 Å². The maximum atomic E-state index is 12.6. The average Bonchev–Trinajstić information content (AvgIpc) is 2.58. The summed E-state index contributed by atoms with van der Waals surface area (Å²) in [6, 6.07) is 9.74. The Labute approximate surface area is 147 Å². The van der Waals surface area contributed by atoms with Gasteiger partial charge in [0.25, 0.3) is 5.56 Å². The van der Waals surface area contributed by atoms with Gasteiger partial charge in [0.1, 0.15) is 0 Å². The normalized spacial score (nSPS) is 10.8. The molecular weight excluding hydrogens is 351 g/mol. The lowest BCUT2D eigenvalue weighted by molar-refractivity contribution is 0.0601. The van der Waals surface area contributed by atoms with Crippen LogP contribution in [0, 0.1) is 0 Å². The Hall–Kier alpha value is -2.37. The molecular formula is C17H12Cl2N2O3. The Morgan fingerprint density at radius 3 is 2.71 bits per heavy atom. The summed E-state index contributed by atoms with van der Waals surface area (Å²) in [7, 11) is 1.30. The highest BCUT2D eigenvalue weighted by atomic mass is 35.5. The smallest absolute Gasteiger partial charge is 0.337 e. The van der Waals surface area contributed by atoms with E-state index in [4.69, 9.17) is 23.2 Å². The van der Waals surface area contributed by atoms with Crippen LogP contribution in [0.1, 0.15) is 15.9 Å². The molecule has 122 valence electrons. The van der Waals surface area contributed by atoms with Crippen molar-refractivity contribution in [2.45, 2.75) is 6.54 Å². The number of hydrogen-bond acceptors (Lipinski definition) is 4. The Morgan fingerprint density at radius 1 is 1.21 bits per heavy atom. The molecule has 0 aliphatic rings. The first kappa shape index (κ1) is 16.5. The number of carbonyl (C=O) groups is 1. The van der Waals surface area contributed by atoms with Crippen molar-refractivity contribution in [3.05, 3.63) is 74.3 Å². The molecule has 24 heavy (non-hydrogen) atoms. The molecule has 0 radical (unpaired) electrons. The predicted molar refractivity (Wildman–Crippen MR) is 92.9 cm³/mol. The molecule has 0 N–H and O–H groups in total. The highest BCUT2D eigenvalue weighted by Gasteiger charge is 2.11. The van der Waals surface area contributed by atoms with Gasteiger partial charge >= 0.3 is 5.97 Å². The van der Waals surface area contributed by atoms with E-state index in [2.05, 4.69) is 9.72 Å². The van der Waals surface area contributed by atoms with Crippen molar-refractivity contribution in [1.29, 1.82) is 0 Å². The van der Waals surface area contributed by atoms with Crippen molar-refractivity contribution < 1.29 is 9.53 Å². The fraction of sp³-hybridized carbons (Fsp3) is 0.118. The number of halogens is 2. The number of rotatable bonds is 3. The van der Waals surface area contributed by atoms with Crippen LogP contribution in [-0.4, -0.2) is 22.6 Å². The van der Waals surface area contributed by atoms with Gasteiger partial charge in [0, 0.05) is 10.0 Å². The van der Waals surface area contributed by atoms with Crippen molar-refractivity contribution in [1.82, 2.24) is 9.55 Å². The molecule has 0 aliphatic carbocycles. The lowest BCUT2D eigenvalue weighted by Gasteiger charge is -2.09. The molecule has 3 aromatic rings. The van der Waals surface area contributed by atoms with E-state index in [0.29, 0.717) is 26.5 Å². The van der Waals surface area contributed by atoms with Crippen LogP contribution in [0.25, 0.3) is 10.9 Å². The predicted octanol–water partition coefficient (Wildman–Crippen LogP) is 3.54. The molecule has 1 aromatic heterocycles. The molecule has 0 fully saturated rings. The third-order valence-corrected chi connectivity index (χ3v) is 4.19. The number of fused-ring (bicyclic) bond motifs is 1. The van der Waals surface area contributed by atoms with E-state index >= 15 is 0 Å². The summed E-state index contributed by atoms with van der Waals surface area (Å²) >= 11 is 12.0. The fourth-order valence-corrected chi connectivity index (χ4v) is 2.82. The second-order valence-electron chi connectivity index (χ2n) is 5.14. The average molecular weight is 363 g/mol. The largest absolute Gasteiger partial charge is 0.465 e. The van der Waals surface area contributed by atoms with Crippen molar-refractivity contribution in [2.24, 2.45) is 0 Å².